The molecule has 0 bridgehead atoms. The molecule has 16 heavy (non-hydrogen) atoms. The summed E-state index contributed by atoms with van der Waals surface area (Å²) >= 11 is 0. The van der Waals surface area contributed by atoms with Crippen LogP contribution in [0.1, 0.15) is 32.6 Å². The van der Waals surface area contributed by atoms with Crippen molar-refractivity contribution in [2.45, 2.75) is 44.7 Å². The molecule has 0 aromatic heterocycles. The zero-order chi connectivity index (χ0) is 11.4. The molecular weight excluding hydrogens is 198 g/mol. The molecule has 1 unspecified atom stereocenters. The third kappa shape index (κ3) is 2.96. The highest BCUT2D eigenvalue weighted by Crippen LogP contribution is 2.25. The average Bonchev–Trinajstić information content (AvgIpc) is 2.81. The van der Waals surface area contributed by atoms with Crippen molar-refractivity contribution in [2.75, 3.05) is 39.8 Å². The molecule has 3 nitrogen and oxygen atoms in total. The van der Waals surface area contributed by atoms with Gasteiger partial charge in [0.2, 0.25) is 0 Å². The van der Waals surface area contributed by atoms with Crippen molar-refractivity contribution in [1.29, 1.82) is 0 Å². The minimum absolute atomic E-state index is 0.739. The van der Waals surface area contributed by atoms with Crippen molar-refractivity contribution in [3.63, 3.8) is 0 Å². The Morgan fingerprint density at radius 2 is 1.94 bits per heavy atom. The van der Waals surface area contributed by atoms with Crippen LogP contribution in [0.25, 0.3) is 0 Å². The Labute approximate surface area is 100 Å². The first-order chi connectivity index (χ1) is 7.81. The van der Waals surface area contributed by atoms with Crippen LogP contribution >= 0.6 is 0 Å². The molecule has 2 fully saturated rings. The number of nitrogens with zero attached hydrogens (tertiary/aromatic N) is 2. The van der Waals surface area contributed by atoms with Gasteiger partial charge >= 0.3 is 0 Å². The average molecular weight is 225 g/mol. The van der Waals surface area contributed by atoms with E-state index in [1.54, 1.807) is 0 Å². The molecule has 0 radical (unpaired) electrons. The Kier molecular flexibility index (Phi) is 4.62. The van der Waals surface area contributed by atoms with Gasteiger partial charge in [-0.1, -0.05) is 12.8 Å². The molecule has 1 saturated carbocycles. The topological polar surface area (TPSA) is 18.5 Å². The van der Waals surface area contributed by atoms with Gasteiger partial charge in [-0.25, -0.2) is 0 Å². The lowest BCUT2D eigenvalue weighted by molar-refractivity contribution is 0.0579. The Morgan fingerprint density at radius 1 is 1.19 bits per heavy atom. The lowest BCUT2D eigenvalue weighted by Crippen LogP contribution is -2.55. The van der Waals surface area contributed by atoms with E-state index < -0.39 is 0 Å². The van der Waals surface area contributed by atoms with Crippen LogP contribution in [0.4, 0.5) is 0 Å². The third-order valence-electron chi connectivity index (χ3n) is 4.29. The van der Waals surface area contributed by atoms with Gasteiger partial charge in [0, 0.05) is 44.8 Å². The van der Waals surface area contributed by atoms with Gasteiger partial charge in [-0.2, -0.15) is 0 Å². The first-order valence-electron chi connectivity index (χ1n) is 6.94. The van der Waals surface area contributed by atoms with Crippen LogP contribution in [0.5, 0.6) is 0 Å². The molecule has 0 aromatic rings. The van der Waals surface area contributed by atoms with Crippen molar-refractivity contribution in [2.24, 2.45) is 0 Å². The maximum absolute atomic E-state index is 3.25. The van der Waals surface area contributed by atoms with Crippen molar-refractivity contribution < 1.29 is 0 Å². The summed E-state index contributed by atoms with van der Waals surface area (Å²) in [4.78, 5) is 5.37. The molecule has 1 atom stereocenters. The van der Waals surface area contributed by atoms with E-state index in [0.717, 1.165) is 18.6 Å². The molecular formula is C13H27N3. The standard InChI is InChI=1S/C13H27N3/c1-12-11-16(13-5-3-4-6-13)10-9-15(12)8-7-14-2/h12-14H,3-11H2,1-2H3. The van der Waals surface area contributed by atoms with E-state index >= 15 is 0 Å². The fourth-order valence-electron chi connectivity index (χ4n) is 3.21. The smallest absolute Gasteiger partial charge is 0.0196 e. The maximum Gasteiger partial charge on any atom is 0.0196 e. The van der Waals surface area contributed by atoms with Crippen LogP contribution in [0.15, 0.2) is 0 Å². The summed E-state index contributed by atoms with van der Waals surface area (Å²) in [6.45, 7) is 8.55. The molecule has 1 saturated heterocycles. The minimum atomic E-state index is 0.739. The summed E-state index contributed by atoms with van der Waals surface area (Å²) in [5, 5.41) is 3.25. The minimum Gasteiger partial charge on any atom is -0.318 e. The van der Waals surface area contributed by atoms with Crippen molar-refractivity contribution in [3.8, 4) is 0 Å². The summed E-state index contributed by atoms with van der Waals surface area (Å²) in [5.74, 6) is 0. The molecule has 1 heterocycles. The fraction of sp³-hybridized carbons (Fsp3) is 1.00. The second kappa shape index (κ2) is 5.99. The number of rotatable bonds is 4. The van der Waals surface area contributed by atoms with Gasteiger partial charge in [0.05, 0.1) is 0 Å². The normalized spacial score (nSPS) is 30.0. The Bertz CT molecular complexity index is 201. The molecule has 1 aliphatic heterocycles. The fourth-order valence-corrected chi connectivity index (χ4v) is 3.21. The Hall–Kier alpha value is -0.120. The predicted molar refractivity (Wildman–Crippen MR) is 68.8 cm³/mol. The van der Waals surface area contributed by atoms with Gasteiger partial charge in [0.25, 0.3) is 0 Å². The van der Waals surface area contributed by atoms with E-state index in [-0.39, 0.29) is 0 Å². The van der Waals surface area contributed by atoms with Crippen LogP contribution in [0.3, 0.4) is 0 Å². The molecule has 1 N–H and O–H groups in total. The van der Waals surface area contributed by atoms with Gasteiger partial charge in [-0.3, -0.25) is 9.80 Å². The quantitative estimate of drug-likeness (QED) is 0.774. The predicted octanol–water partition coefficient (Wildman–Crippen LogP) is 1.15. The van der Waals surface area contributed by atoms with E-state index in [1.807, 2.05) is 7.05 Å². The number of hydrogen-bond donors (Lipinski definition) is 1. The summed E-state index contributed by atoms with van der Waals surface area (Å²) in [6.07, 6.45) is 5.81. The number of hydrogen-bond acceptors (Lipinski definition) is 3. The van der Waals surface area contributed by atoms with Crippen LogP contribution in [-0.4, -0.2) is 61.7 Å². The van der Waals surface area contributed by atoms with Gasteiger partial charge in [-0.05, 0) is 26.8 Å². The number of nitrogens with one attached hydrogen (secondary N) is 1. The van der Waals surface area contributed by atoms with E-state index in [0.29, 0.717) is 0 Å². The molecule has 2 aliphatic rings. The number of likely N-dealkylation sites (N-methyl/N-ethyl adjacent to an activating group) is 1. The van der Waals surface area contributed by atoms with Crippen LogP contribution in [0, 0.1) is 0 Å². The first kappa shape index (κ1) is 12.3. The highest BCUT2D eigenvalue weighted by molar-refractivity contribution is 4.85. The van der Waals surface area contributed by atoms with E-state index in [2.05, 4.69) is 22.0 Å². The van der Waals surface area contributed by atoms with Crippen LogP contribution in [0.2, 0.25) is 0 Å². The van der Waals surface area contributed by atoms with Gasteiger partial charge in [0.15, 0.2) is 0 Å². The second-order valence-electron chi connectivity index (χ2n) is 5.42. The SMILES string of the molecule is CNCCN1CCN(C2CCCC2)CC1C. The van der Waals surface area contributed by atoms with E-state index in [4.69, 9.17) is 0 Å². The molecule has 94 valence electrons. The van der Waals surface area contributed by atoms with E-state index in [1.165, 1.54) is 51.9 Å². The monoisotopic (exact) mass is 225 g/mol. The summed E-state index contributed by atoms with van der Waals surface area (Å²) in [6, 6.07) is 1.65. The summed E-state index contributed by atoms with van der Waals surface area (Å²) in [5.41, 5.74) is 0. The zero-order valence-corrected chi connectivity index (χ0v) is 10.9. The second-order valence-corrected chi connectivity index (χ2v) is 5.42. The van der Waals surface area contributed by atoms with Crippen molar-refractivity contribution >= 4 is 0 Å². The zero-order valence-electron chi connectivity index (χ0n) is 10.9. The molecule has 0 aromatic carbocycles. The first-order valence-corrected chi connectivity index (χ1v) is 6.94. The number of piperazine rings is 1. The van der Waals surface area contributed by atoms with E-state index in [9.17, 15) is 0 Å². The Balaban J connectivity index is 1.77. The summed E-state index contributed by atoms with van der Waals surface area (Å²) < 4.78 is 0. The third-order valence-corrected chi connectivity index (χ3v) is 4.29. The maximum atomic E-state index is 3.25. The van der Waals surface area contributed by atoms with Gasteiger partial charge < -0.3 is 5.32 Å². The molecule has 0 amide bonds. The van der Waals surface area contributed by atoms with Crippen molar-refractivity contribution in [3.05, 3.63) is 0 Å². The highest BCUT2D eigenvalue weighted by Gasteiger charge is 2.29. The molecule has 2 rings (SSSR count). The largest absolute Gasteiger partial charge is 0.318 e. The molecule has 0 spiro atoms. The highest BCUT2D eigenvalue weighted by atomic mass is 15.3. The Morgan fingerprint density at radius 3 is 2.56 bits per heavy atom. The molecule has 3 heteroatoms. The molecule has 1 aliphatic carbocycles. The lowest BCUT2D eigenvalue weighted by atomic mass is 10.1. The van der Waals surface area contributed by atoms with Crippen LogP contribution < -0.4 is 5.32 Å². The van der Waals surface area contributed by atoms with Gasteiger partial charge in [-0.15, -0.1) is 0 Å². The van der Waals surface area contributed by atoms with Gasteiger partial charge in [0.1, 0.15) is 0 Å². The van der Waals surface area contributed by atoms with Crippen LogP contribution in [-0.2, 0) is 0 Å². The summed E-state index contributed by atoms with van der Waals surface area (Å²) in [7, 11) is 2.04. The lowest BCUT2D eigenvalue weighted by Gasteiger charge is -2.42. The van der Waals surface area contributed by atoms with Crippen molar-refractivity contribution in [1.82, 2.24) is 15.1 Å².